The van der Waals surface area contributed by atoms with Crippen LogP contribution in [0.5, 0.6) is 0 Å². The molecule has 2 aromatic carbocycles. The van der Waals surface area contributed by atoms with Crippen LogP contribution in [0.15, 0.2) is 60.7 Å². The van der Waals surface area contributed by atoms with E-state index in [0.717, 1.165) is 5.56 Å². The Bertz CT molecular complexity index is 552. The highest BCUT2D eigenvalue weighted by Gasteiger charge is 2.32. The Hall–Kier alpha value is -1.83. The van der Waals surface area contributed by atoms with Crippen LogP contribution < -0.4 is 0 Å². The number of benzene rings is 2. The van der Waals surface area contributed by atoms with Gasteiger partial charge in [0.05, 0.1) is 5.56 Å². The summed E-state index contributed by atoms with van der Waals surface area (Å²) in [4.78, 5) is 11.8. The van der Waals surface area contributed by atoms with Gasteiger partial charge in [0.15, 0.2) is 0 Å². The van der Waals surface area contributed by atoms with Gasteiger partial charge in [-0.3, -0.25) is 0 Å². The van der Waals surface area contributed by atoms with Crippen LogP contribution in [0.2, 0.25) is 0 Å². The fourth-order valence-electron chi connectivity index (χ4n) is 1.64. The molecule has 2 aromatic rings. The van der Waals surface area contributed by atoms with Crippen molar-refractivity contribution in [2.24, 2.45) is 0 Å². The number of hydrogen-bond donors (Lipinski definition) is 0. The number of rotatable bonds is 6. The maximum Gasteiger partial charge on any atom is 0.592 e. The van der Waals surface area contributed by atoms with Crippen molar-refractivity contribution in [3.63, 3.8) is 0 Å². The Morgan fingerprint density at radius 1 is 0.947 bits per heavy atom. The first-order valence-corrected chi connectivity index (χ1v) is 7.18. The molecule has 0 N–H and O–H groups in total. The summed E-state index contributed by atoms with van der Waals surface area (Å²) in [5.74, 6) is 0. The smallest absolute Gasteiger partial charge is 0.231 e. The molecule has 96 valence electrons. The molecule has 0 saturated carbocycles. The molecule has 0 spiro atoms. The molecule has 0 saturated heterocycles. The molecule has 0 radical (unpaired) electrons. The Balaban J connectivity index is 1.84. The molecule has 1 unspecified atom stereocenters. The largest absolute Gasteiger partial charge is 0.592 e. The molecule has 0 amide bonds. The fourth-order valence-corrected chi connectivity index (χ4v) is 2.37. The Morgan fingerprint density at radius 3 is 2.16 bits per heavy atom. The van der Waals surface area contributed by atoms with Crippen LogP contribution in [0, 0.1) is 0 Å². The van der Waals surface area contributed by atoms with Crippen LogP contribution in [-0.4, -0.2) is 12.1 Å². The summed E-state index contributed by atoms with van der Waals surface area (Å²) < 4.78 is 16.8. The van der Waals surface area contributed by atoms with E-state index in [2.05, 4.69) is 0 Å². The predicted molar refractivity (Wildman–Crippen MR) is 74.5 cm³/mol. The average Bonchev–Trinajstić information content (AvgIpc) is 2.48. The van der Waals surface area contributed by atoms with E-state index in [0.29, 0.717) is 12.0 Å². The molecule has 0 fully saturated rings. The lowest BCUT2D eigenvalue weighted by atomic mass is 10.2. The van der Waals surface area contributed by atoms with E-state index in [1.54, 1.807) is 30.3 Å². The second-order valence-corrected chi connectivity index (χ2v) is 5.18. The lowest BCUT2D eigenvalue weighted by Crippen LogP contribution is -1.98. The van der Waals surface area contributed by atoms with E-state index in [1.165, 1.54) is 0 Å². The zero-order chi connectivity index (χ0) is 13.5. The van der Waals surface area contributed by atoms with Crippen LogP contribution >= 0.6 is 8.03 Å². The summed E-state index contributed by atoms with van der Waals surface area (Å²) in [6.07, 6.45) is 0.643. The van der Waals surface area contributed by atoms with Crippen molar-refractivity contribution in [2.45, 2.75) is 6.42 Å². The van der Waals surface area contributed by atoms with Gasteiger partial charge in [0.2, 0.25) is 0 Å². The normalized spacial score (nSPS) is 11.1. The van der Waals surface area contributed by atoms with Gasteiger partial charge in [0.1, 0.15) is 6.61 Å². The lowest BCUT2D eigenvalue weighted by Gasteiger charge is -1.95. The van der Waals surface area contributed by atoms with E-state index in [4.69, 9.17) is 4.52 Å². The highest BCUT2D eigenvalue weighted by Crippen LogP contribution is 2.28. The fraction of sp³-hybridized carbons (Fsp3) is 0.133. The lowest BCUT2D eigenvalue weighted by molar-refractivity contribution is 0.106. The first-order chi connectivity index (χ1) is 9.27. The van der Waals surface area contributed by atoms with Crippen molar-refractivity contribution in [1.82, 2.24) is 0 Å². The summed E-state index contributed by atoms with van der Waals surface area (Å²) in [7, 11) is -2.30. The van der Waals surface area contributed by atoms with E-state index in [9.17, 15) is 9.36 Å². The molecule has 19 heavy (non-hydrogen) atoms. The van der Waals surface area contributed by atoms with Gasteiger partial charge in [0, 0.05) is 6.42 Å². The number of carbonyl (C=O) groups is 1. The molecule has 2 rings (SSSR count). The third kappa shape index (κ3) is 4.09. The van der Waals surface area contributed by atoms with Crippen LogP contribution in [0.3, 0.4) is 0 Å². The minimum absolute atomic E-state index is 0.276. The molecule has 0 aliphatic heterocycles. The van der Waals surface area contributed by atoms with Crippen molar-refractivity contribution in [3.8, 4) is 0 Å². The minimum atomic E-state index is -2.30. The second kappa shape index (κ2) is 6.93. The third-order valence-corrected chi connectivity index (χ3v) is 3.64. The van der Waals surface area contributed by atoms with E-state index >= 15 is 0 Å². The molecule has 0 aliphatic carbocycles. The molecule has 0 aliphatic rings. The van der Waals surface area contributed by atoms with Crippen LogP contribution in [0.4, 0.5) is 0 Å². The summed E-state index contributed by atoms with van der Waals surface area (Å²) in [6, 6.07) is 18.3. The van der Waals surface area contributed by atoms with Gasteiger partial charge in [0.25, 0.3) is 0 Å². The minimum Gasteiger partial charge on any atom is -0.231 e. The van der Waals surface area contributed by atoms with Crippen molar-refractivity contribution in [1.29, 1.82) is 0 Å². The Labute approximate surface area is 113 Å². The quantitative estimate of drug-likeness (QED) is 0.751. The highest BCUT2D eigenvalue weighted by atomic mass is 31.1. The predicted octanol–water partition coefficient (Wildman–Crippen LogP) is 3.83. The monoisotopic (exact) mass is 273 g/mol. The first kappa shape index (κ1) is 13.6. The molecular weight excluding hydrogens is 259 g/mol. The van der Waals surface area contributed by atoms with Crippen molar-refractivity contribution >= 4 is 13.6 Å². The van der Waals surface area contributed by atoms with Gasteiger partial charge in [-0.1, -0.05) is 48.5 Å². The maximum absolute atomic E-state index is 11.8. The van der Waals surface area contributed by atoms with Gasteiger partial charge in [-0.2, -0.15) is 0 Å². The summed E-state index contributed by atoms with van der Waals surface area (Å²) in [5, 5.41) is 0. The van der Waals surface area contributed by atoms with Crippen LogP contribution in [-0.2, 0) is 15.5 Å². The summed E-state index contributed by atoms with van der Waals surface area (Å²) >= 11 is 0. The third-order valence-electron chi connectivity index (χ3n) is 2.63. The van der Waals surface area contributed by atoms with E-state index in [-0.39, 0.29) is 6.61 Å². The van der Waals surface area contributed by atoms with Crippen LogP contribution in [0.1, 0.15) is 15.9 Å². The molecule has 0 bridgehead atoms. The molecule has 0 aromatic heterocycles. The Morgan fingerprint density at radius 2 is 1.53 bits per heavy atom. The zero-order valence-corrected chi connectivity index (χ0v) is 11.3. The molecule has 1 atom stereocenters. The highest BCUT2D eigenvalue weighted by molar-refractivity contribution is 7.60. The number of hydrogen-bond acceptors (Lipinski definition) is 3. The maximum atomic E-state index is 11.8. The van der Waals surface area contributed by atoms with Crippen molar-refractivity contribution < 1.29 is 13.9 Å². The van der Waals surface area contributed by atoms with E-state index < -0.39 is 13.6 Å². The van der Waals surface area contributed by atoms with Gasteiger partial charge in [-0.15, -0.1) is 4.52 Å². The summed E-state index contributed by atoms with van der Waals surface area (Å²) in [5.41, 5.74) is 1.06. The van der Waals surface area contributed by atoms with Crippen molar-refractivity contribution in [2.75, 3.05) is 6.61 Å². The van der Waals surface area contributed by atoms with Gasteiger partial charge >= 0.3 is 13.6 Å². The topological polar surface area (TPSA) is 43.4 Å². The first-order valence-electron chi connectivity index (χ1n) is 6.01. The summed E-state index contributed by atoms with van der Waals surface area (Å²) in [6.45, 7) is 0.276. The van der Waals surface area contributed by atoms with Gasteiger partial charge in [-0.25, -0.2) is 4.79 Å². The standard InChI is InChI=1S/C15H14O3P/c16-15(14-9-5-2-6-10-14)19(17)18-12-11-13-7-3-1-4-8-13/h1-10H,11-12H2/q+1. The average molecular weight is 273 g/mol. The zero-order valence-electron chi connectivity index (χ0n) is 10.4. The number of carbonyl (C=O) groups excluding carboxylic acids is 1. The second-order valence-electron chi connectivity index (χ2n) is 4.00. The Kier molecular flexibility index (Phi) is 4.96. The molecule has 3 nitrogen and oxygen atoms in total. The van der Waals surface area contributed by atoms with Crippen molar-refractivity contribution in [3.05, 3.63) is 71.8 Å². The van der Waals surface area contributed by atoms with Gasteiger partial charge in [-0.05, 0) is 22.3 Å². The van der Waals surface area contributed by atoms with Crippen LogP contribution in [0.25, 0.3) is 0 Å². The van der Waals surface area contributed by atoms with Gasteiger partial charge < -0.3 is 0 Å². The SMILES string of the molecule is O=C(c1ccccc1)[P+](=O)OCCc1ccccc1. The molecule has 4 heteroatoms. The molecule has 0 heterocycles. The van der Waals surface area contributed by atoms with E-state index in [1.807, 2.05) is 30.3 Å². The molecular formula is C15H14O3P+.